The number of nitrogens with zero attached hydrogens (tertiary/aromatic N) is 1. The van der Waals surface area contributed by atoms with Crippen LogP contribution in [-0.2, 0) is 0 Å². The fourth-order valence-electron chi connectivity index (χ4n) is 3.51. The molecule has 15 heavy (non-hydrogen) atoms. The summed E-state index contributed by atoms with van der Waals surface area (Å²) in [5.41, 5.74) is 0.534. The van der Waals surface area contributed by atoms with Gasteiger partial charge in [-0.3, -0.25) is 4.90 Å². The van der Waals surface area contributed by atoms with Gasteiger partial charge in [0, 0.05) is 24.2 Å². The molecular weight excluding hydrogens is 184 g/mol. The molecule has 0 aromatic carbocycles. The van der Waals surface area contributed by atoms with Crippen LogP contribution in [0, 0.1) is 5.92 Å². The lowest BCUT2D eigenvalue weighted by Crippen LogP contribution is -2.62. The highest BCUT2D eigenvalue weighted by Gasteiger charge is 2.44. The predicted octanol–water partition coefficient (Wildman–Crippen LogP) is 2.25. The van der Waals surface area contributed by atoms with Crippen molar-refractivity contribution >= 4 is 0 Å². The Morgan fingerprint density at radius 3 is 2.40 bits per heavy atom. The van der Waals surface area contributed by atoms with Gasteiger partial charge >= 0.3 is 0 Å². The van der Waals surface area contributed by atoms with Crippen molar-refractivity contribution in [3.63, 3.8) is 0 Å². The summed E-state index contributed by atoms with van der Waals surface area (Å²) in [4.78, 5) is 2.77. The van der Waals surface area contributed by atoms with E-state index < -0.39 is 0 Å². The van der Waals surface area contributed by atoms with E-state index in [-0.39, 0.29) is 0 Å². The summed E-state index contributed by atoms with van der Waals surface area (Å²) in [5, 5.41) is 3.47. The Labute approximate surface area is 94.4 Å². The molecule has 2 rings (SSSR count). The van der Waals surface area contributed by atoms with E-state index in [4.69, 9.17) is 0 Å². The van der Waals surface area contributed by atoms with E-state index in [1.807, 2.05) is 0 Å². The maximum Gasteiger partial charge on any atom is 0.0184 e. The summed E-state index contributed by atoms with van der Waals surface area (Å²) in [6.07, 6.45) is 5.57. The summed E-state index contributed by atoms with van der Waals surface area (Å²) >= 11 is 0. The fourth-order valence-corrected chi connectivity index (χ4v) is 3.51. The Morgan fingerprint density at radius 2 is 1.93 bits per heavy atom. The lowest BCUT2D eigenvalue weighted by atomic mass is 9.73. The Morgan fingerprint density at radius 1 is 1.27 bits per heavy atom. The van der Waals surface area contributed by atoms with Gasteiger partial charge in [0.05, 0.1) is 0 Å². The molecule has 2 nitrogen and oxygen atoms in total. The number of piperidine rings is 1. The topological polar surface area (TPSA) is 15.3 Å². The highest BCUT2D eigenvalue weighted by atomic mass is 15.2. The van der Waals surface area contributed by atoms with E-state index in [9.17, 15) is 0 Å². The van der Waals surface area contributed by atoms with E-state index in [0.29, 0.717) is 5.54 Å². The van der Waals surface area contributed by atoms with Crippen LogP contribution in [0.2, 0.25) is 0 Å². The standard InChI is InChI=1S/C13H26N2/c1-10-11(2)15(9-6-12(10)14-4)13(3)7-5-8-13/h10-12,14H,5-9H2,1-4H3. The summed E-state index contributed by atoms with van der Waals surface area (Å²) < 4.78 is 0. The molecule has 1 saturated heterocycles. The first kappa shape index (κ1) is 11.4. The Kier molecular flexibility index (Phi) is 3.09. The van der Waals surface area contributed by atoms with Crippen LogP contribution in [0.25, 0.3) is 0 Å². The van der Waals surface area contributed by atoms with E-state index in [1.54, 1.807) is 0 Å². The van der Waals surface area contributed by atoms with Gasteiger partial charge in [-0.15, -0.1) is 0 Å². The summed E-state index contributed by atoms with van der Waals surface area (Å²) in [6, 6.07) is 1.46. The lowest BCUT2D eigenvalue weighted by Gasteiger charge is -2.55. The minimum atomic E-state index is 0.534. The zero-order valence-electron chi connectivity index (χ0n) is 10.7. The molecule has 2 heteroatoms. The smallest absolute Gasteiger partial charge is 0.0184 e. The monoisotopic (exact) mass is 210 g/mol. The third-order valence-electron chi connectivity index (χ3n) is 5.06. The predicted molar refractivity (Wildman–Crippen MR) is 65.1 cm³/mol. The third-order valence-corrected chi connectivity index (χ3v) is 5.06. The van der Waals surface area contributed by atoms with E-state index in [1.165, 1.54) is 32.2 Å². The maximum absolute atomic E-state index is 3.47. The number of nitrogens with one attached hydrogen (secondary N) is 1. The molecule has 0 radical (unpaired) electrons. The average molecular weight is 210 g/mol. The molecule has 0 spiro atoms. The van der Waals surface area contributed by atoms with Crippen LogP contribution in [-0.4, -0.2) is 36.1 Å². The van der Waals surface area contributed by atoms with Crippen molar-refractivity contribution in [1.82, 2.24) is 10.2 Å². The first-order chi connectivity index (χ1) is 7.08. The highest BCUT2D eigenvalue weighted by molar-refractivity contribution is 5.00. The molecule has 1 heterocycles. The number of rotatable bonds is 2. The average Bonchev–Trinajstić information content (AvgIpc) is 2.19. The second kappa shape index (κ2) is 4.06. The molecule has 0 amide bonds. The minimum absolute atomic E-state index is 0.534. The van der Waals surface area contributed by atoms with Crippen LogP contribution < -0.4 is 5.32 Å². The zero-order chi connectivity index (χ0) is 11.1. The van der Waals surface area contributed by atoms with Gasteiger partial charge in [0.25, 0.3) is 0 Å². The maximum atomic E-state index is 3.47. The van der Waals surface area contributed by atoms with E-state index in [0.717, 1.165) is 18.0 Å². The zero-order valence-corrected chi connectivity index (χ0v) is 10.7. The van der Waals surface area contributed by atoms with Crippen molar-refractivity contribution in [2.75, 3.05) is 13.6 Å². The van der Waals surface area contributed by atoms with E-state index >= 15 is 0 Å². The van der Waals surface area contributed by atoms with Crippen molar-refractivity contribution in [2.45, 2.75) is 64.1 Å². The highest BCUT2D eigenvalue weighted by Crippen LogP contribution is 2.41. The molecule has 2 fully saturated rings. The summed E-state index contributed by atoms with van der Waals surface area (Å²) in [6.45, 7) is 8.56. The molecule has 3 atom stereocenters. The second-order valence-corrected chi connectivity index (χ2v) is 5.83. The molecule has 1 aliphatic heterocycles. The number of hydrogen-bond acceptors (Lipinski definition) is 2. The van der Waals surface area contributed by atoms with Crippen LogP contribution in [0.5, 0.6) is 0 Å². The van der Waals surface area contributed by atoms with Gasteiger partial charge in [0.2, 0.25) is 0 Å². The van der Waals surface area contributed by atoms with Gasteiger partial charge in [-0.05, 0) is 52.5 Å². The lowest BCUT2D eigenvalue weighted by molar-refractivity contribution is -0.0444. The third kappa shape index (κ3) is 1.83. The van der Waals surface area contributed by atoms with Crippen LogP contribution in [0.15, 0.2) is 0 Å². The van der Waals surface area contributed by atoms with Crippen molar-refractivity contribution < 1.29 is 0 Å². The summed E-state index contributed by atoms with van der Waals surface area (Å²) in [5.74, 6) is 0.779. The Bertz CT molecular complexity index is 223. The van der Waals surface area contributed by atoms with Crippen LogP contribution in [0.1, 0.15) is 46.5 Å². The molecule has 1 N–H and O–H groups in total. The van der Waals surface area contributed by atoms with Crippen molar-refractivity contribution in [3.8, 4) is 0 Å². The minimum Gasteiger partial charge on any atom is -0.317 e. The molecule has 0 aromatic heterocycles. The Hall–Kier alpha value is -0.0800. The van der Waals surface area contributed by atoms with Gasteiger partial charge < -0.3 is 5.32 Å². The van der Waals surface area contributed by atoms with Crippen LogP contribution >= 0.6 is 0 Å². The van der Waals surface area contributed by atoms with Crippen molar-refractivity contribution in [2.24, 2.45) is 5.92 Å². The second-order valence-electron chi connectivity index (χ2n) is 5.83. The SMILES string of the molecule is CNC1CCN(C2(C)CCC2)C(C)C1C. The molecular formula is C13H26N2. The molecule has 88 valence electrons. The molecule has 3 unspecified atom stereocenters. The van der Waals surface area contributed by atoms with Gasteiger partial charge in [0.1, 0.15) is 0 Å². The molecule has 0 bridgehead atoms. The van der Waals surface area contributed by atoms with Gasteiger partial charge in [0.15, 0.2) is 0 Å². The molecule has 2 aliphatic rings. The van der Waals surface area contributed by atoms with Crippen molar-refractivity contribution in [1.29, 1.82) is 0 Å². The quantitative estimate of drug-likeness (QED) is 0.752. The number of hydrogen-bond donors (Lipinski definition) is 1. The normalized spacial score (nSPS) is 41.2. The van der Waals surface area contributed by atoms with Crippen LogP contribution in [0.3, 0.4) is 0 Å². The molecule has 1 aliphatic carbocycles. The summed E-state index contributed by atoms with van der Waals surface area (Å²) in [7, 11) is 2.11. The molecule has 1 saturated carbocycles. The number of likely N-dealkylation sites (tertiary alicyclic amines) is 1. The van der Waals surface area contributed by atoms with Crippen LogP contribution in [0.4, 0.5) is 0 Å². The van der Waals surface area contributed by atoms with Crippen molar-refractivity contribution in [3.05, 3.63) is 0 Å². The van der Waals surface area contributed by atoms with Gasteiger partial charge in [-0.2, -0.15) is 0 Å². The largest absolute Gasteiger partial charge is 0.317 e. The Balaban J connectivity index is 2.04. The first-order valence-electron chi connectivity index (χ1n) is 6.52. The van der Waals surface area contributed by atoms with Gasteiger partial charge in [-0.1, -0.05) is 6.92 Å². The first-order valence-corrected chi connectivity index (χ1v) is 6.52. The van der Waals surface area contributed by atoms with Gasteiger partial charge in [-0.25, -0.2) is 0 Å². The fraction of sp³-hybridized carbons (Fsp3) is 1.00. The molecule has 0 aromatic rings. The van der Waals surface area contributed by atoms with E-state index in [2.05, 4.69) is 38.0 Å².